The summed E-state index contributed by atoms with van der Waals surface area (Å²) < 4.78 is 27.4. The monoisotopic (exact) mass is 384 g/mol. The number of thiophene rings is 1. The summed E-state index contributed by atoms with van der Waals surface area (Å²) in [7, 11) is 0. The number of carbonyl (C=O) groups is 1. The molecule has 1 amide bonds. The molecule has 1 aromatic heterocycles. The minimum Gasteiger partial charge on any atom is -0.359 e. The second-order valence-electron chi connectivity index (χ2n) is 5.87. The molecule has 1 aliphatic heterocycles. The zero-order valence-electron chi connectivity index (χ0n) is 13.9. The molecule has 8 heteroatoms. The van der Waals surface area contributed by atoms with E-state index in [1.54, 1.807) is 40.5 Å². The van der Waals surface area contributed by atoms with Crippen molar-refractivity contribution in [1.29, 1.82) is 5.41 Å². The van der Waals surface area contributed by atoms with Crippen molar-refractivity contribution in [2.45, 2.75) is 0 Å². The number of hydrogen-bond donors (Lipinski definition) is 3. The number of nitrogens with one attached hydrogen (secondary N) is 3. The maximum atomic E-state index is 13.7. The third-order valence-electron chi connectivity index (χ3n) is 4.21. The second-order valence-corrected chi connectivity index (χ2v) is 6.79. The number of benzene rings is 2. The maximum absolute atomic E-state index is 13.7. The summed E-state index contributed by atoms with van der Waals surface area (Å²) in [6, 6.07) is 11.9. The van der Waals surface area contributed by atoms with Gasteiger partial charge in [-0.1, -0.05) is 6.07 Å². The van der Waals surface area contributed by atoms with Gasteiger partial charge in [-0.15, -0.1) is 11.3 Å². The van der Waals surface area contributed by atoms with Crippen LogP contribution in [0.4, 0.5) is 25.2 Å². The van der Waals surface area contributed by atoms with E-state index >= 15 is 0 Å². The maximum Gasteiger partial charge on any atom is 0.261 e. The molecular formula is C19H14F2N4OS. The van der Waals surface area contributed by atoms with Gasteiger partial charge in [-0.05, 0) is 47.8 Å². The van der Waals surface area contributed by atoms with Crippen LogP contribution in [-0.4, -0.2) is 18.4 Å². The fraction of sp³-hybridized carbons (Fsp3) is 0.0526. The molecule has 4 rings (SSSR count). The third-order valence-corrected chi connectivity index (χ3v) is 5.09. The summed E-state index contributed by atoms with van der Waals surface area (Å²) in [5.74, 6) is -2.30. The summed E-state index contributed by atoms with van der Waals surface area (Å²) in [5, 5.41) is 17.0. The molecule has 3 aromatic rings. The summed E-state index contributed by atoms with van der Waals surface area (Å²) in [5.41, 5.74) is 1.38. The standard InChI is InChI=1S/C19H14F2N4OS/c20-14-2-1-3-15(21)16(14)18(26)24-11-4-6-12(7-5-11)25-10-23-19-13(17(25)22)8-9-27-19/h1-9,22-23H,10H2,(H,24,26). The Morgan fingerprint density at radius 1 is 1.11 bits per heavy atom. The molecular weight excluding hydrogens is 370 g/mol. The van der Waals surface area contributed by atoms with Crippen LogP contribution in [0.1, 0.15) is 15.9 Å². The highest BCUT2D eigenvalue weighted by Crippen LogP contribution is 2.31. The van der Waals surface area contributed by atoms with Crippen molar-refractivity contribution in [3.63, 3.8) is 0 Å². The summed E-state index contributed by atoms with van der Waals surface area (Å²) in [6.07, 6.45) is 0. The van der Waals surface area contributed by atoms with E-state index in [0.717, 1.165) is 28.4 Å². The van der Waals surface area contributed by atoms with Gasteiger partial charge in [-0.3, -0.25) is 10.2 Å². The third kappa shape index (κ3) is 3.15. The molecule has 1 aliphatic rings. The van der Waals surface area contributed by atoms with E-state index in [-0.39, 0.29) is 0 Å². The number of hydrogen-bond acceptors (Lipinski definition) is 4. The van der Waals surface area contributed by atoms with Crippen molar-refractivity contribution in [3.8, 4) is 0 Å². The van der Waals surface area contributed by atoms with Gasteiger partial charge in [-0.25, -0.2) is 8.78 Å². The number of amides is 1. The van der Waals surface area contributed by atoms with Crippen LogP contribution in [0.2, 0.25) is 0 Å². The first-order chi connectivity index (χ1) is 13.0. The number of rotatable bonds is 3. The van der Waals surface area contributed by atoms with Crippen LogP contribution < -0.4 is 15.5 Å². The second kappa shape index (κ2) is 6.81. The van der Waals surface area contributed by atoms with Gasteiger partial charge in [0.25, 0.3) is 5.91 Å². The predicted molar refractivity (Wildman–Crippen MR) is 103 cm³/mol. The molecule has 2 aromatic carbocycles. The first-order valence-electron chi connectivity index (χ1n) is 8.08. The lowest BCUT2D eigenvalue weighted by Gasteiger charge is -2.30. The van der Waals surface area contributed by atoms with Gasteiger partial charge in [0, 0.05) is 11.4 Å². The lowest BCUT2D eigenvalue weighted by atomic mass is 10.1. The Kier molecular flexibility index (Phi) is 4.33. The number of anilines is 3. The van der Waals surface area contributed by atoms with Crippen LogP contribution in [0.3, 0.4) is 0 Å². The Morgan fingerprint density at radius 2 is 1.81 bits per heavy atom. The van der Waals surface area contributed by atoms with Crippen molar-refractivity contribution >= 4 is 39.5 Å². The molecule has 3 N–H and O–H groups in total. The van der Waals surface area contributed by atoms with Gasteiger partial charge in [0.15, 0.2) is 0 Å². The average Bonchev–Trinajstić information content (AvgIpc) is 3.12. The Hall–Kier alpha value is -3.26. The molecule has 0 unspecified atom stereocenters. The molecule has 0 aliphatic carbocycles. The van der Waals surface area contributed by atoms with Gasteiger partial charge in [0.05, 0.1) is 12.2 Å². The SMILES string of the molecule is N=C1c2ccsc2NCN1c1ccc(NC(=O)c2c(F)cccc2F)cc1. The molecule has 0 saturated carbocycles. The fourth-order valence-corrected chi connectivity index (χ4v) is 3.64. The largest absolute Gasteiger partial charge is 0.359 e. The van der Waals surface area contributed by atoms with E-state index in [1.165, 1.54) is 6.07 Å². The van der Waals surface area contributed by atoms with Gasteiger partial charge in [-0.2, -0.15) is 0 Å². The van der Waals surface area contributed by atoms with E-state index in [0.29, 0.717) is 18.2 Å². The van der Waals surface area contributed by atoms with Crippen molar-refractivity contribution in [2.75, 3.05) is 22.2 Å². The van der Waals surface area contributed by atoms with Crippen LogP contribution in [0.25, 0.3) is 0 Å². The number of nitrogens with zero attached hydrogens (tertiary/aromatic N) is 1. The average molecular weight is 384 g/mol. The molecule has 0 radical (unpaired) electrons. The molecule has 2 heterocycles. The van der Waals surface area contributed by atoms with E-state index in [1.807, 2.05) is 11.4 Å². The smallest absolute Gasteiger partial charge is 0.261 e. The van der Waals surface area contributed by atoms with Crippen LogP contribution in [0.15, 0.2) is 53.9 Å². The number of carbonyl (C=O) groups excluding carboxylic acids is 1. The molecule has 0 spiro atoms. The van der Waals surface area contributed by atoms with Crippen molar-refractivity contribution in [2.24, 2.45) is 0 Å². The van der Waals surface area contributed by atoms with Crippen molar-refractivity contribution in [1.82, 2.24) is 0 Å². The first-order valence-corrected chi connectivity index (χ1v) is 8.96. The van der Waals surface area contributed by atoms with Gasteiger partial charge in [0.1, 0.15) is 28.0 Å². The molecule has 0 fully saturated rings. The topological polar surface area (TPSA) is 68.2 Å². The molecule has 27 heavy (non-hydrogen) atoms. The van der Waals surface area contributed by atoms with Crippen molar-refractivity contribution < 1.29 is 13.6 Å². The Balaban J connectivity index is 1.52. The summed E-state index contributed by atoms with van der Waals surface area (Å²) >= 11 is 1.55. The van der Waals surface area contributed by atoms with E-state index in [4.69, 9.17) is 5.41 Å². The molecule has 0 saturated heterocycles. The van der Waals surface area contributed by atoms with Gasteiger partial charge in [0.2, 0.25) is 0 Å². The fourth-order valence-electron chi connectivity index (χ4n) is 2.86. The van der Waals surface area contributed by atoms with Crippen LogP contribution in [0, 0.1) is 17.0 Å². The Labute approximate surface area is 157 Å². The van der Waals surface area contributed by atoms with Crippen LogP contribution >= 0.6 is 11.3 Å². The lowest BCUT2D eigenvalue weighted by molar-refractivity contribution is 0.101. The Bertz CT molecular complexity index is 1010. The van der Waals surface area contributed by atoms with E-state index in [2.05, 4.69) is 10.6 Å². The van der Waals surface area contributed by atoms with Gasteiger partial charge < -0.3 is 15.5 Å². The quantitative estimate of drug-likeness (QED) is 0.623. The summed E-state index contributed by atoms with van der Waals surface area (Å²) in [4.78, 5) is 13.9. The zero-order valence-corrected chi connectivity index (χ0v) is 14.7. The predicted octanol–water partition coefficient (Wildman–Crippen LogP) is 4.49. The van der Waals surface area contributed by atoms with E-state index < -0.39 is 23.1 Å². The first kappa shape index (κ1) is 17.2. The van der Waals surface area contributed by atoms with Crippen molar-refractivity contribution in [3.05, 3.63) is 76.7 Å². The van der Waals surface area contributed by atoms with E-state index in [9.17, 15) is 13.6 Å². The lowest BCUT2D eigenvalue weighted by Crippen LogP contribution is -2.39. The molecule has 0 bridgehead atoms. The minimum absolute atomic E-state index is 0.384. The number of fused-ring (bicyclic) bond motifs is 1. The molecule has 5 nitrogen and oxygen atoms in total. The highest BCUT2D eigenvalue weighted by Gasteiger charge is 2.23. The minimum atomic E-state index is -0.913. The van der Waals surface area contributed by atoms with Gasteiger partial charge >= 0.3 is 0 Å². The summed E-state index contributed by atoms with van der Waals surface area (Å²) in [6.45, 7) is 0.457. The Morgan fingerprint density at radius 3 is 2.52 bits per heavy atom. The van der Waals surface area contributed by atoms with Crippen LogP contribution in [-0.2, 0) is 0 Å². The molecule has 136 valence electrons. The highest BCUT2D eigenvalue weighted by atomic mass is 32.1. The number of halogens is 2. The zero-order chi connectivity index (χ0) is 19.0. The molecule has 0 atom stereocenters. The number of amidine groups is 1. The normalized spacial score (nSPS) is 13.1. The van der Waals surface area contributed by atoms with Crippen LogP contribution in [0.5, 0.6) is 0 Å². The highest BCUT2D eigenvalue weighted by molar-refractivity contribution is 7.14.